The second-order valence-electron chi connectivity index (χ2n) is 8.83. The van der Waals surface area contributed by atoms with Gasteiger partial charge in [-0.15, -0.1) is 0 Å². The van der Waals surface area contributed by atoms with Crippen molar-refractivity contribution in [3.63, 3.8) is 0 Å². The first kappa shape index (κ1) is 22.5. The molecule has 1 amide bonds. The van der Waals surface area contributed by atoms with Crippen LogP contribution in [0, 0.1) is 0 Å². The zero-order valence-electron chi connectivity index (χ0n) is 18.6. The first-order valence-corrected chi connectivity index (χ1v) is 10.5. The van der Waals surface area contributed by atoms with Crippen LogP contribution in [-0.4, -0.2) is 35.0 Å². The highest BCUT2D eigenvalue weighted by atomic mass is 16.6. The van der Waals surface area contributed by atoms with Crippen LogP contribution in [0.1, 0.15) is 33.3 Å². The minimum Gasteiger partial charge on any atom is -0.459 e. The van der Waals surface area contributed by atoms with Crippen molar-refractivity contribution in [2.75, 3.05) is 6.54 Å². The molecule has 5 nitrogen and oxygen atoms in total. The lowest BCUT2D eigenvalue weighted by Crippen LogP contribution is -2.45. The summed E-state index contributed by atoms with van der Waals surface area (Å²) in [5.41, 5.74) is 8.27. The van der Waals surface area contributed by atoms with Crippen molar-refractivity contribution in [1.82, 2.24) is 4.90 Å². The zero-order chi connectivity index (χ0) is 22.6. The van der Waals surface area contributed by atoms with E-state index in [0.29, 0.717) is 0 Å². The number of hydrogen-bond acceptors (Lipinski definition) is 4. The minimum absolute atomic E-state index is 0.141. The molecule has 162 valence electrons. The Balaban J connectivity index is 1.84. The molecule has 5 heteroatoms. The van der Waals surface area contributed by atoms with Crippen molar-refractivity contribution in [2.45, 2.75) is 45.9 Å². The van der Waals surface area contributed by atoms with Crippen molar-refractivity contribution in [1.29, 1.82) is 0 Å². The Morgan fingerprint density at radius 1 is 0.935 bits per heavy atom. The molecule has 31 heavy (non-hydrogen) atoms. The number of carbonyl (C=O) groups is 2. The van der Waals surface area contributed by atoms with Gasteiger partial charge in [-0.2, -0.15) is 0 Å². The molecular formula is C26H30N2O3. The van der Waals surface area contributed by atoms with Crippen LogP contribution in [-0.2, 0) is 20.9 Å². The third-order valence-corrected chi connectivity index (χ3v) is 4.82. The number of rotatable bonds is 6. The smallest absolute Gasteiger partial charge is 0.326 e. The number of nitrogens with two attached hydrogens (primary N) is 1. The molecule has 0 aliphatic rings. The van der Waals surface area contributed by atoms with Gasteiger partial charge in [-0.05, 0) is 67.3 Å². The summed E-state index contributed by atoms with van der Waals surface area (Å²) < 4.78 is 5.40. The molecular weight excluding hydrogens is 388 g/mol. The molecule has 0 aromatic heterocycles. The molecule has 2 N–H and O–H groups in total. The van der Waals surface area contributed by atoms with Gasteiger partial charge in [0.1, 0.15) is 12.1 Å². The van der Waals surface area contributed by atoms with Crippen molar-refractivity contribution in [3.05, 3.63) is 72.3 Å². The Kier molecular flexibility index (Phi) is 6.76. The summed E-state index contributed by atoms with van der Waals surface area (Å²) in [6.45, 7) is 7.16. The zero-order valence-corrected chi connectivity index (χ0v) is 18.6. The summed E-state index contributed by atoms with van der Waals surface area (Å²) in [4.78, 5) is 26.4. The lowest BCUT2D eigenvalue weighted by molar-refractivity contribution is -0.159. The van der Waals surface area contributed by atoms with E-state index < -0.39 is 17.6 Å². The van der Waals surface area contributed by atoms with Crippen LogP contribution >= 0.6 is 0 Å². The topological polar surface area (TPSA) is 72.6 Å². The average Bonchev–Trinajstić information content (AvgIpc) is 2.71. The molecule has 1 unspecified atom stereocenters. The number of benzene rings is 3. The van der Waals surface area contributed by atoms with Crippen LogP contribution in [0.15, 0.2) is 66.7 Å². The number of carbonyl (C=O) groups excluding carboxylic acids is 2. The summed E-state index contributed by atoms with van der Waals surface area (Å²) in [6, 6.07) is 21.9. The quantitative estimate of drug-likeness (QED) is 0.597. The van der Waals surface area contributed by atoms with E-state index in [0.717, 1.165) is 16.7 Å². The van der Waals surface area contributed by atoms with Crippen LogP contribution in [0.25, 0.3) is 21.9 Å². The molecule has 3 aromatic rings. The SMILES string of the molecule is CC(N)C(=O)N(CC(=O)OC(C)(C)C)Cc1cccc(-c2ccc3ccccc3c2)c1. The van der Waals surface area contributed by atoms with Crippen LogP contribution < -0.4 is 5.73 Å². The molecule has 1 atom stereocenters. The van der Waals surface area contributed by atoms with Gasteiger partial charge in [0.05, 0.1) is 6.04 Å². The average molecular weight is 419 g/mol. The maximum absolute atomic E-state index is 12.6. The first-order valence-electron chi connectivity index (χ1n) is 10.5. The van der Waals surface area contributed by atoms with Gasteiger partial charge < -0.3 is 15.4 Å². The van der Waals surface area contributed by atoms with Gasteiger partial charge in [-0.25, -0.2) is 0 Å². The number of nitrogens with zero attached hydrogens (tertiary/aromatic N) is 1. The van der Waals surface area contributed by atoms with E-state index in [1.165, 1.54) is 15.7 Å². The number of ether oxygens (including phenoxy) is 1. The van der Waals surface area contributed by atoms with Crippen molar-refractivity contribution in [2.24, 2.45) is 5.73 Å². The third kappa shape index (κ3) is 6.15. The second-order valence-corrected chi connectivity index (χ2v) is 8.83. The van der Waals surface area contributed by atoms with Crippen molar-refractivity contribution >= 4 is 22.6 Å². The van der Waals surface area contributed by atoms with Crippen LogP contribution in [0.3, 0.4) is 0 Å². The highest BCUT2D eigenvalue weighted by Gasteiger charge is 2.24. The molecule has 0 aliphatic carbocycles. The molecule has 0 aliphatic heterocycles. The van der Waals surface area contributed by atoms with Gasteiger partial charge in [0, 0.05) is 6.54 Å². The molecule has 0 radical (unpaired) electrons. The summed E-state index contributed by atoms with van der Waals surface area (Å²) in [6.07, 6.45) is 0. The fraction of sp³-hybridized carbons (Fsp3) is 0.308. The van der Waals surface area contributed by atoms with E-state index in [1.54, 1.807) is 27.7 Å². The monoisotopic (exact) mass is 418 g/mol. The van der Waals surface area contributed by atoms with Gasteiger partial charge in [-0.3, -0.25) is 9.59 Å². The predicted molar refractivity (Wildman–Crippen MR) is 124 cm³/mol. The van der Waals surface area contributed by atoms with E-state index in [4.69, 9.17) is 10.5 Å². The Morgan fingerprint density at radius 2 is 1.61 bits per heavy atom. The highest BCUT2D eigenvalue weighted by molar-refractivity contribution is 5.87. The van der Waals surface area contributed by atoms with E-state index >= 15 is 0 Å². The fourth-order valence-electron chi connectivity index (χ4n) is 3.47. The third-order valence-electron chi connectivity index (χ3n) is 4.82. The molecule has 0 fully saturated rings. The molecule has 0 saturated carbocycles. The molecule has 0 heterocycles. The summed E-state index contributed by atoms with van der Waals surface area (Å²) in [7, 11) is 0. The summed E-state index contributed by atoms with van der Waals surface area (Å²) in [5.74, 6) is -0.742. The van der Waals surface area contributed by atoms with Gasteiger partial charge >= 0.3 is 5.97 Å². The lowest BCUT2D eigenvalue weighted by Gasteiger charge is -2.26. The van der Waals surface area contributed by atoms with E-state index in [1.807, 2.05) is 36.4 Å². The fourth-order valence-corrected chi connectivity index (χ4v) is 3.47. The van der Waals surface area contributed by atoms with Gasteiger partial charge in [0.15, 0.2) is 0 Å². The molecule has 0 bridgehead atoms. The van der Waals surface area contributed by atoms with Crippen LogP contribution in [0.4, 0.5) is 0 Å². The number of amides is 1. The second kappa shape index (κ2) is 9.31. The Morgan fingerprint density at radius 3 is 2.29 bits per heavy atom. The summed E-state index contributed by atoms with van der Waals surface area (Å²) >= 11 is 0. The molecule has 3 rings (SSSR count). The largest absolute Gasteiger partial charge is 0.459 e. The van der Waals surface area contributed by atoms with E-state index in [-0.39, 0.29) is 19.0 Å². The predicted octanol–water partition coefficient (Wildman–Crippen LogP) is 4.52. The molecule has 0 spiro atoms. The highest BCUT2D eigenvalue weighted by Crippen LogP contribution is 2.25. The van der Waals surface area contributed by atoms with Gasteiger partial charge in [0.2, 0.25) is 5.91 Å². The Hall–Kier alpha value is -3.18. The van der Waals surface area contributed by atoms with Gasteiger partial charge in [-0.1, -0.05) is 54.6 Å². The number of hydrogen-bond donors (Lipinski definition) is 1. The van der Waals surface area contributed by atoms with Crippen molar-refractivity contribution < 1.29 is 14.3 Å². The number of esters is 1. The normalized spacial score (nSPS) is 12.4. The Bertz CT molecular complexity index is 1080. The number of fused-ring (bicyclic) bond motifs is 1. The van der Waals surface area contributed by atoms with Crippen LogP contribution in [0.2, 0.25) is 0 Å². The molecule has 3 aromatic carbocycles. The lowest BCUT2D eigenvalue weighted by atomic mass is 9.99. The van der Waals surface area contributed by atoms with Crippen molar-refractivity contribution in [3.8, 4) is 11.1 Å². The minimum atomic E-state index is -0.703. The Labute approximate surface area is 183 Å². The summed E-state index contributed by atoms with van der Waals surface area (Å²) in [5, 5.41) is 2.36. The maximum atomic E-state index is 12.6. The van der Waals surface area contributed by atoms with Gasteiger partial charge in [0.25, 0.3) is 0 Å². The molecule has 0 saturated heterocycles. The van der Waals surface area contributed by atoms with Crippen LogP contribution in [0.5, 0.6) is 0 Å². The maximum Gasteiger partial charge on any atom is 0.326 e. The van der Waals surface area contributed by atoms with E-state index in [9.17, 15) is 9.59 Å². The first-order chi connectivity index (χ1) is 14.6. The standard InChI is InChI=1S/C26H30N2O3/c1-18(27)25(30)28(17-24(29)31-26(2,3)4)16-19-8-7-11-21(14-19)23-13-12-20-9-5-6-10-22(20)15-23/h5-15,18H,16-17,27H2,1-4H3. The van der Waals surface area contributed by atoms with E-state index in [2.05, 4.69) is 30.3 Å².